The number of nitrogens with one attached hydrogen (secondary N) is 1. The van der Waals surface area contributed by atoms with E-state index in [1.807, 2.05) is 17.0 Å². The lowest BCUT2D eigenvalue weighted by Crippen LogP contribution is -2.27. The van der Waals surface area contributed by atoms with E-state index < -0.39 is 0 Å². The number of nitrogens with zero attached hydrogens (tertiary/aromatic N) is 1. The summed E-state index contributed by atoms with van der Waals surface area (Å²) in [6.07, 6.45) is 4.67. The van der Waals surface area contributed by atoms with Crippen molar-refractivity contribution in [3.63, 3.8) is 0 Å². The fourth-order valence-electron chi connectivity index (χ4n) is 4.20. The van der Waals surface area contributed by atoms with Crippen molar-refractivity contribution in [1.29, 1.82) is 0 Å². The molecule has 1 unspecified atom stereocenters. The highest BCUT2D eigenvalue weighted by atomic mass is 19.1. The first kappa shape index (κ1) is 19.6. The van der Waals surface area contributed by atoms with Gasteiger partial charge in [-0.2, -0.15) is 0 Å². The van der Waals surface area contributed by atoms with Gasteiger partial charge in [0.15, 0.2) is 0 Å². The van der Waals surface area contributed by atoms with Gasteiger partial charge in [0.25, 0.3) is 5.91 Å². The van der Waals surface area contributed by atoms with Gasteiger partial charge in [-0.25, -0.2) is 4.39 Å². The molecule has 2 aliphatic rings. The average Bonchev–Trinajstić information content (AvgIpc) is 3.41. The second-order valence-corrected chi connectivity index (χ2v) is 8.28. The number of carbonyl (C=O) groups excluding carboxylic acids is 2. The largest absolute Gasteiger partial charge is 0.339 e. The van der Waals surface area contributed by atoms with Crippen molar-refractivity contribution in [2.24, 2.45) is 5.92 Å². The average molecular weight is 394 g/mol. The highest BCUT2D eigenvalue weighted by Crippen LogP contribution is 2.44. The van der Waals surface area contributed by atoms with Crippen LogP contribution in [0.1, 0.15) is 59.5 Å². The lowest BCUT2D eigenvalue weighted by molar-refractivity contribution is -0.116. The summed E-state index contributed by atoms with van der Waals surface area (Å²) in [5.41, 5.74) is 2.89. The van der Waals surface area contributed by atoms with Gasteiger partial charge in [-0.15, -0.1) is 0 Å². The van der Waals surface area contributed by atoms with Crippen LogP contribution in [0.15, 0.2) is 42.5 Å². The van der Waals surface area contributed by atoms with E-state index in [1.54, 1.807) is 31.2 Å². The minimum Gasteiger partial charge on any atom is -0.339 e. The highest BCUT2D eigenvalue weighted by molar-refractivity contribution is 5.97. The van der Waals surface area contributed by atoms with E-state index in [-0.39, 0.29) is 23.5 Å². The molecule has 1 aliphatic heterocycles. The topological polar surface area (TPSA) is 49.4 Å². The smallest absolute Gasteiger partial charge is 0.253 e. The summed E-state index contributed by atoms with van der Waals surface area (Å²) in [5, 5.41) is 2.95. The molecule has 1 saturated heterocycles. The molecule has 0 bridgehead atoms. The van der Waals surface area contributed by atoms with Crippen LogP contribution in [0.25, 0.3) is 0 Å². The molecule has 1 N–H and O–H groups in total. The minimum absolute atomic E-state index is 0.0243. The van der Waals surface area contributed by atoms with Crippen molar-refractivity contribution < 1.29 is 14.0 Å². The number of anilines is 1. The summed E-state index contributed by atoms with van der Waals surface area (Å²) in [5.74, 6) is 0.315. The third kappa shape index (κ3) is 4.66. The van der Waals surface area contributed by atoms with Crippen LogP contribution >= 0.6 is 0 Å². The molecule has 2 fully saturated rings. The Bertz CT molecular complexity index is 917. The molecular formula is C24H27FN2O2. The van der Waals surface area contributed by atoms with Gasteiger partial charge in [0.1, 0.15) is 5.82 Å². The van der Waals surface area contributed by atoms with E-state index in [9.17, 15) is 14.0 Å². The number of hydrogen-bond acceptors (Lipinski definition) is 2. The summed E-state index contributed by atoms with van der Waals surface area (Å²) >= 11 is 0. The normalized spacial score (nSPS) is 17.2. The Morgan fingerprint density at radius 2 is 1.90 bits per heavy atom. The van der Waals surface area contributed by atoms with Gasteiger partial charge in [0, 0.05) is 30.8 Å². The van der Waals surface area contributed by atoms with Crippen molar-refractivity contribution in [2.45, 2.75) is 44.9 Å². The van der Waals surface area contributed by atoms with Gasteiger partial charge in [0.05, 0.1) is 0 Å². The van der Waals surface area contributed by atoms with E-state index in [2.05, 4.69) is 5.32 Å². The number of amides is 2. The maximum atomic E-state index is 13.6. The zero-order chi connectivity index (χ0) is 20.4. The molecule has 5 heteroatoms. The van der Waals surface area contributed by atoms with E-state index in [0.29, 0.717) is 29.2 Å². The Labute approximate surface area is 171 Å². The quantitative estimate of drug-likeness (QED) is 0.758. The zero-order valence-electron chi connectivity index (χ0n) is 16.8. The molecule has 4 rings (SSSR count). The third-order valence-corrected chi connectivity index (χ3v) is 5.99. The summed E-state index contributed by atoms with van der Waals surface area (Å²) in [6, 6.07) is 12.3. The molecule has 29 heavy (non-hydrogen) atoms. The van der Waals surface area contributed by atoms with Crippen LogP contribution in [0.5, 0.6) is 0 Å². The van der Waals surface area contributed by atoms with Gasteiger partial charge in [0.2, 0.25) is 5.91 Å². The molecule has 1 aliphatic carbocycles. The molecular weight excluding hydrogens is 367 g/mol. The Morgan fingerprint density at radius 3 is 2.59 bits per heavy atom. The molecule has 0 aromatic heterocycles. The van der Waals surface area contributed by atoms with Crippen LogP contribution in [0.2, 0.25) is 0 Å². The Hall–Kier alpha value is -2.69. The molecule has 1 atom stereocenters. The molecule has 0 spiro atoms. The number of hydrogen-bond donors (Lipinski definition) is 1. The van der Waals surface area contributed by atoms with Crippen LogP contribution in [0.3, 0.4) is 0 Å². The van der Waals surface area contributed by atoms with Gasteiger partial charge in [-0.1, -0.05) is 18.2 Å². The zero-order valence-corrected chi connectivity index (χ0v) is 16.8. The second-order valence-electron chi connectivity index (χ2n) is 8.28. The Balaban J connectivity index is 1.43. The molecule has 0 radical (unpaired) electrons. The summed E-state index contributed by atoms with van der Waals surface area (Å²) in [6.45, 7) is 3.36. The minimum atomic E-state index is -0.216. The van der Waals surface area contributed by atoms with E-state index in [4.69, 9.17) is 0 Å². The standard InChI is InChI=1S/C24H27FN2O2/c1-16-13-18(9-10-22(16)25)21(17-7-8-17)15-23(28)26-20-6-4-5-19(14-20)24(29)27-11-2-3-12-27/h4-6,9-10,13-14,17,21H,2-3,7-8,11-12,15H2,1H3,(H,26,28). The number of rotatable bonds is 6. The number of benzene rings is 2. The van der Waals surface area contributed by atoms with E-state index >= 15 is 0 Å². The molecule has 2 aromatic carbocycles. The maximum Gasteiger partial charge on any atom is 0.253 e. The molecule has 2 amide bonds. The van der Waals surface area contributed by atoms with Gasteiger partial charge < -0.3 is 10.2 Å². The van der Waals surface area contributed by atoms with Crippen molar-refractivity contribution in [3.05, 3.63) is 65.0 Å². The summed E-state index contributed by atoms with van der Waals surface area (Å²) in [4.78, 5) is 27.2. The predicted octanol–water partition coefficient (Wildman–Crippen LogP) is 4.89. The lowest BCUT2D eigenvalue weighted by Gasteiger charge is -2.18. The first-order valence-electron chi connectivity index (χ1n) is 10.5. The van der Waals surface area contributed by atoms with Crippen LogP contribution in [0, 0.1) is 18.7 Å². The highest BCUT2D eigenvalue weighted by Gasteiger charge is 2.34. The van der Waals surface area contributed by atoms with Crippen molar-refractivity contribution in [1.82, 2.24) is 4.90 Å². The molecule has 1 saturated carbocycles. The first-order valence-corrected chi connectivity index (χ1v) is 10.5. The molecule has 152 valence electrons. The van der Waals surface area contributed by atoms with E-state index in [1.165, 1.54) is 6.07 Å². The maximum absolute atomic E-state index is 13.6. The van der Waals surface area contributed by atoms with Crippen molar-refractivity contribution in [2.75, 3.05) is 18.4 Å². The summed E-state index contributed by atoms with van der Waals surface area (Å²) < 4.78 is 13.6. The van der Waals surface area contributed by atoms with Crippen LogP contribution in [-0.2, 0) is 4.79 Å². The Kier molecular flexibility index (Phi) is 5.65. The van der Waals surface area contributed by atoms with Crippen molar-refractivity contribution >= 4 is 17.5 Å². The predicted molar refractivity (Wildman–Crippen MR) is 111 cm³/mol. The monoisotopic (exact) mass is 394 g/mol. The molecule has 2 aromatic rings. The molecule has 1 heterocycles. The van der Waals surface area contributed by atoms with Gasteiger partial charge in [-0.3, -0.25) is 9.59 Å². The molecule has 4 nitrogen and oxygen atoms in total. The number of aryl methyl sites for hydroxylation is 1. The van der Waals surface area contributed by atoms with Gasteiger partial charge >= 0.3 is 0 Å². The van der Waals surface area contributed by atoms with Crippen LogP contribution in [0.4, 0.5) is 10.1 Å². The first-order chi connectivity index (χ1) is 14.0. The van der Waals surface area contributed by atoms with Crippen molar-refractivity contribution in [3.8, 4) is 0 Å². The number of carbonyl (C=O) groups is 2. The van der Waals surface area contributed by atoms with Crippen LogP contribution in [-0.4, -0.2) is 29.8 Å². The third-order valence-electron chi connectivity index (χ3n) is 5.99. The fourth-order valence-corrected chi connectivity index (χ4v) is 4.20. The second kappa shape index (κ2) is 8.36. The number of halogens is 1. The fraction of sp³-hybridized carbons (Fsp3) is 0.417. The lowest BCUT2D eigenvalue weighted by atomic mass is 9.89. The summed E-state index contributed by atoms with van der Waals surface area (Å²) in [7, 11) is 0. The van der Waals surface area contributed by atoms with E-state index in [0.717, 1.165) is 44.3 Å². The Morgan fingerprint density at radius 1 is 1.14 bits per heavy atom. The number of likely N-dealkylation sites (tertiary alicyclic amines) is 1. The SMILES string of the molecule is Cc1cc(C(CC(=O)Nc2cccc(C(=O)N3CCCC3)c2)C2CC2)ccc1F. The van der Waals surface area contributed by atoms with Gasteiger partial charge in [-0.05, 0) is 79.8 Å². The van der Waals surface area contributed by atoms with Crippen LogP contribution < -0.4 is 5.32 Å².